The van der Waals surface area contributed by atoms with Crippen LogP contribution in [0.25, 0.3) is 0 Å². The second-order valence-corrected chi connectivity index (χ2v) is 2.66. The highest BCUT2D eigenvalue weighted by molar-refractivity contribution is 7.96. The molecule has 1 N–H and O–H groups in total. The van der Waals surface area contributed by atoms with E-state index in [4.69, 9.17) is 5.11 Å². The minimum atomic E-state index is -0.859. The van der Waals surface area contributed by atoms with Crippen molar-refractivity contribution in [3.8, 4) is 0 Å². The summed E-state index contributed by atoms with van der Waals surface area (Å²) in [5.41, 5.74) is 0. The van der Waals surface area contributed by atoms with Gasteiger partial charge in [-0.1, -0.05) is 0 Å². The van der Waals surface area contributed by atoms with Crippen LogP contribution in [0.2, 0.25) is 0 Å². The molecule has 0 aromatic rings. The Morgan fingerprint density at radius 1 is 1.50 bits per heavy atom. The fraction of sp³-hybridized carbons (Fsp3) is 0.667. The molecule has 0 spiro atoms. The Kier molecular flexibility index (Phi) is 4.31. The third kappa shape index (κ3) is 5.78. The molecule has 0 aliphatic heterocycles. The van der Waals surface area contributed by atoms with Gasteiger partial charge in [0.15, 0.2) is 5.12 Å². The summed E-state index contributed by atoms with van der Waals surface area (Å²) in [6.07, 6.45) is -0.878. The quantitative estimate of drug-likeness (QED) is 0.579. The Labute approximate surface area is 64.8 Å². The van der Waals surface area contributed by atoms with Crippen molar-refractivity contribution in [2.45, 2.75) is 25.9 Å². The van der Waals surface area contributed by atoms with Crippen molar-refractivity contribution in [1.82, 2.24) is 0 Å². The van der Waals surface area contributed by atoms with E-state index in [0.717, 1.165) is 0 Å². The SMILES string of the molecule is CC(=O)C[C@@H](O)CC(=O)S. The lowest BCUT2D eigenvalue weighted by molar-refractivity contribution is -0.119. The predicted molar refractivity (Wildman–Crippen MR) is 39.9 cm³/mol. The summed E-state index contributed by atoms with van der Waals surface area (Å²) in [6.45, 7) is 1.37. The van der Waals surface area contributed by atoms with Crippen LogP contribution in [-0.2, 0) is 9.59 Å². The summed E-state index contributed by atoms with van der Waals surface area (Å²) in [7, 11) is 0. The van der Waals surface area contributed by atoms with E-state index in [2.05, 4.69) is 12.6 Å². The molecule has 4 heteroatoms. The molecular formula is C6H10O3S. The van der Waals surface area contributed by atoms with Crippen molar-refractivity contribution in [3.63, 3.8) is 0 Å². The normalized spacial score (nSPS) is 12.7. The van der Waals surface area contributed by atoms with Crippen LogP contribution in [0.5, 0.6) is 0 Å². The van der Waals surface area contributed by atoms with Gasteiger partial charge in [0.1, 0.15) is 5.78 Å². The monoisotopic (exact) mass is 162 g/mol. The van der Waals surface area contributed by atoms with E-state index in [1.54, 1.807) is 0 Å². The Hall–Kier alpha value is -0.350. The molecule has 1 atom stereocenters. The first-order chi connectivity index (χ1) is 4.52. The molecule has 0 radical (unpaired) electrons. The van der Waals surface area contributed by atoms with Crippen LogP contribution in [0.3, 0.4) is 0 Å². The third-order valence-electron chi connectivity index (χ3n) is 0.933. The zero-order valence-electron chi connectivity index (χ0n) is 5.70. The second kappa shape index (κ2) is 4.46. The first-order valence-corrected chi connectivity index (χ1v) is 3.36. The number of rotatable bonds is 4. The Balaban J connectivity index is 3.53. The Morgan fingerprint density at radius 2 is 2.00 bits per heavy atom. The summed E-state index contributed by atoms with van der Waals surface area (Å²) in [4.78, 5) is 20.6. The van der Waals surface area contributed by atoms with Crippen molar-refractivity contribution < 1.29 is 14.7 Å². The number of aliphatic hydroxyl groups is 1. The van der Waals surface area contributed by atoms with Gasteiger partial charge in [-0.3, -0.25) is 9.59 Å². The van der Waals surface area contributed by atoms with Crippen LogP contribution in [-0.4, -0.2) is 22.1 Å². The molecule has 0 fully saturated rings. The second-order valence-electron chi connectivity index (χ2n) is 2.16. The summed E-state index contributed by atoms with van der Waals surface area (Å²) in [5.74, 6) is -0.123. The number of ketones is 1. The van der Waals surface area contributed by atoms with E-state index < -0.39 is 11.2 Å². The van der Waals surface area contributed by atoms with Crippen LogP contribution in [0.15, 0.2) is 0 Å². The largest absolute Gasteiger partial charge is 0.392 e. The molecule has 10 heavy (non-hydrogen) atoms. The van der Waals surface area contributed by atoms with E-state index in [1.165, 1.54) is 6.92 Å². The van der Waals surface area contributed by atoms with E-state index in [9.17, 15) is 9.59 Å². The smallest absolute Gasteiger partial charge is 0.188 e. The number of aliphatic hydroxyl groups excluding tert-OH is 1. The molecule has 0 saturated heterocycles. The number of carbonyl (C=O) groups excluding carboxylic acids is 2. The maximum Gasteiger partial charge on any atom is 0.188 e. The average molecular weight is 162 g/mol. The summed E-state index contributed by atoms with van der Waals surface area (Å²) in [5, 5.41) is 8.50. The first-order valence-electron chi connectivity index (χ1n) is 2.91. The number of hydrogen-bond donors (Lipinski definition) is 2. The topological polar surface area (TPSA) is 54.4 Å². The Morgan fingerprint density at radius 3 is 2.30 bits per heavy atom. The Bertz CT molecular complexity index is 128. The lowest BCUT2D eigenvalue weighted by Crippen LogP contribution is -2.13. The van der Waals surface area contributed by atoms with Gasteiger partial charge < -0.3 is 5.11 Å². The highest BCUT2D eigenvalue weighted by Crippen LogP contribution is 2.00. The predicted octanol–water partition coefficient (Wildman–Crippen LogP) is 0.173. The van der Waals surface area contributed by atoms with Crippen LogP contribution < -0.4 is 0 Å². The van der Waals surface area contributed by atoms with Crippen molar-refractivity contribution in [2.24, 2.45) is 0 Å². The van der Waals surface area contributed by atoms with Gasteiger partial charge in [-0.15, -0.1) is 12.6 Å². The highest BCUT2D eigenvalue weighted by atomic mass is 32.1. The fourth-order valence-corrected chi connectivity index (χ4v) is 0.816. The fourth-order valence-electron chi connectivity index (χ4n) is 0.606. The van der Waals surface area contributed by atoms with Crippen molar-refractivity contribution in [1.29, 1.82) is 0 Å². The van der Waals surface area contributed by atoms with E-state index >= 15 is 0 Å². The molecule has 0 rings (SSSR count). The lowest BCUT2D eigenvalue weighted by Gasteiger charge is -2.03. The highest BCUT2D eigenvalue weighted by Gasteiger charge is 2.09. The number of thiol groups is 1. The zero-order chi connectivity index (χ0) is 8.15. The summed E-state index contributed by atoms with van der Waals surface area (Å²) in [6, 6.07) is 0. The molecule has 0 aliphatic carbocycles. The molecule has 0 amide bonds. The van der Waals surface area contributed by atoms with Crippen LogP contribution in [0.4, 0.5) is 0 Å². The van der Waals surface area contributed by atoms with E-state index in [0.29, 0.717) is 0 Å². The lowest BCUT2D eigenvalue weighted by atomic mass is 10.1. The van der Waals surface area contributed by atoms with Crippen LogP contribution in [0.1, 0.15) is 19.8 Å². The molecule has 0 aromatic heterocycles. The van der Waals surface area contributed by atoms with E-state index in [-0.39, 0.29) is 18.6 Å². The summed E-state index contributed by atoms with van der Waals surface area (Å²) < 4.78 is 0. The van der Waals surface area contributed by atoms with E-state index in [1.807, 2.05) is 0 Å². The standard InChI is InChI=1S/C6H10O3S/c1-4(7)2-5(8)3-6(9)10/h5,8H,2-3H2,1H3,(H,9,10)/t5-/m1/s1. The van der Waals surface area contributed by atoms with Crippen molar-refractivity contribution in [2.75, 3.05) is 0 Å². The molecule has 0 heterocycles. The summed E-state index contributed by atoms with van der Waals surface area (Å²) >= 11 is 3.45. The molecule has 58 valence electrons. The number of hydrogen-bond acceptors (Lipinski definition) is 3. The van der Waals surface area contributed by atoms with Gasteiger partial charge in [-0.25, -0.2) is 0 Å². The van der Waals surface area contributed by atoms with Gasteiger partial charge in [-0.2, -0.15) is 0 Å². The minimum Gasteiger partial charge on any atom is -0.392 e. The van der Waals surface area contributed by atoms with Gasteiger partial charge in [0.05, 0.1) is 6.10 Å². The van der Waals surface area contributed by atoms with Crippen LogP contribution in [0, 0.1) is 0 Å². The van der Waals surface area contributed by atoms with Gasteiger partial charge in [0, 0.05) is 12.8 Å². The van der Waals surface area contributed by atoms with Gasteiger partial charge >= 0.3 is 0 Å². The minimum absolute atomic E-state index is 0.0340. The average Bonchev–Trinajstić information content (AvgIpc) is 1.58. The van der Waals surface area contributed by atoms with Crippen molar-refractivity contribution in [3.05, 3.63) is 0 Å². The number of Topliss-reactive ketones (excluding diaryl/α,β-unsaturated/α-hetero) is 1. The third-order valence-corrected chi connectivity index (χ3v) is 1.12. The molecule has 0 aliphatic rings. The van der Waals surface area contributed by atoms with Gasteiger partial charge in [-0.05, 0) is 6.92 Å². The first kappa shape index (κ1) is 9.65. The van der Waals surface area contributed by atoms with Gasteiger partial charge in [0.25, 0.3) is 0 Å². The van der Waals surface area contributed by atoms with Crippen molar-refractivity contribution >= 4 is 23.5 Å². The molecule has 0 unspecified atom stereocenters. The maximum atomic E-state index is 10.3. The molecular weight excluding hydrogens is 152 g/mol. The molecule has 0 bridgehead atoms. The van der Waals surface area contributed by atoms with Crippen LogP contribution >= 0.6 is 12.6 Å². The van der Waals surface area contributed by atoms with Gasteiger partial charge in [0.2, 0.25) is 0 Å². The molecule has 0 aromatic carbocycles. The molecule has 3 nitrogen and oxygen atoms in total. The maximum absolute atomic E-state index is 10.3. The molecule has 0 saturated carbocycles. The number of carbonyl (C=O) groups is 2. The zero-order valence-corrected chi connectivity index (χ0v) is 6.60.